The number of rotatable bonds is 2. The quantitative estimate of drug-likeness (QED) is 0.829. The summed E-state index contributed by atoms with van der Waals surface area (Å²) in [4.78, 5) is 14.1. The number of aryl methyl sites for hydroxylation is 1. The summed E-state index contributed by atoms with van der Waals surface area (Å²) in [7, 11) is 3.65. The Labute approximate surface area is 101 Å². The summed E-state index contributed by atoms with van der Waals surface area (Å²) >= 11 is 0. The highest BCUT2D eigenvalue weighted by atomic mass is 16.5. The van der Waals surface area contributed by atoms with Crippen molar-refractivity contribution in [2.75, 3.05) is 19.4 Å². The Balaban J connectivity index is 2.17. The molecule has 2 rings (SSSR count). The summed E-state index contributed by atoms with van der Waals surface area (Å²) < 4.78 is 7.24. The number of likely N-dealkylation sites (N-methyl/N-ethyl adjacent to an activating group) is 1. The summed E-state index contributed by atoms with van der Waals surface area (Å²) in [6, 6.07) is 1.86. The van der Waals surface area contributed by atoms with Gasteiger partial charge in [0.2, 0.25) is 0 Å². The number of nitrogen functional groups attached to an aromatic ring is 1. The van der Waals surface area contributed by atoms with E-state index in [9.17, 15) is 4.79 Å². The number of aromatic nitrogens is 1. The van der Waals surface area contributed by atoms with Crippen molar-refractivity contribution in [2.24, 2.45) is 7.05 Å². The van der Waals surface area contributed by atoms with E-state index in [4.69, 9.17) is 10.5 Å². The molecule has 1 saturated heterocycles. The number of amides is 1. The Morgan fingerprint density at radius 1 is 1.65 bits per heavy atom. The van der Waals surface area contributed by atoms with Crippen molar-refractivity contribution in [3.8, 4) is 0 Å². The van der Waals surface area contributed by atoms with Crippen molar-refractivity contribution in [2.45, 2.75) is 25.5 Å². The van der Waals surface area contributed by atoms with E-state index in [2.05, 4.69) is 0 Å². The van der Waals surface area contributed by atoms with Crippen LogP contribution in [0.3, 0.4) is 0 Å². The summed E-state index contributed by atoms with van der Waals surface area (Å²) in [5, 5.41) is 0. The molecule has 1 aliphatic heterocycles. The minimum atomic E-state index is -0.00782. The van der Waals surface area contributed by atoms with Gasteiger partial charge in [-0.1, -0.05) is 0 Å². The Morgan fingerprint density at radius 2 is 2.35 bits per heavy atom. The maximum atomic E-state index is 12.3. The SMILES string of the molecule is CC1OCCC1N(C)C(=O)c1cc(N)cn1C. The number of carbonyl (C=O) groups is 1. The third-order valence-electron chi connectivity index (χ3n) is 3.40. The molecule has 2 heterocycles. The Bertz CT molecular complexity index is 427. The van der Waals surface area contributed by atoms with E-state index in [1.165, 1.54) is 0 Å². The molecule has 0 saturated carbocycles. The molecular formula is C12H19N3O2. The lowest BCUT2D eigenvalue weighted by Crippen LogP contribution is -2.41. The molecule has 2 unspecified atom stereocenters. The summed E-state index contributed by atoms with van der Waals surface area (Å²) in [6.07, 6.45) is 2.74. The molecule has 2 N–H and O–H groups in total. The monoisotopic (exact) mass is 237 g/mol. The molecule has 5 heteroatoms. The first-order valence-corrected chi connectivity index (χ1v) is 5.81. The first-order valence-electron chi connectivity index (χ1n) is 5.81. The molecule has 0 radical (unpaired) electrons. The second-order valence-corrected chi connectivity index (χ2v) is 4.62. The molecule has 1 amide bonds. The summed E-state index contributed by atoms with van der Waals surface area (Å²) in [5.41, 5.74) is 6.91. The third kappa shape index (κ3) is 2.15. The van der Waals surface area contributed by atoms with Crippen LogP contribution < -0.4 is 5.73 Å². The van der Waals surface area contributed by atoms with Crippen LogP contribution in [0.5, 0.6) is 0 Å². The van der Waals surface area contributed by atoms with E-state index < -0.39 is 0 Å². The Kier molecular flexibility index (Phi) is 3.11. The highest BCUT2D eigenvalue weighted by Crippen LogP contribution is 2.21. The van der Waals surface area contributed by atoms with E-state index in [1.807, 2.05) is 21.0 Å². The van der Waals surface area contributed by atoms with Gasteiger partial charge in [0.15, 0.2) is 0 Å². The van der Waals surface area contributed by atoms with E-state index in [1.54, 1.807) is 21.7 Å². The number of nitrogens with two attached hydrogens (primary N) is 1. The van der Waals surface area contributed by atoms with Crippen LogP contribution in [0.4, 0.5) is 5.69 Å². The van der Waals surface area contributed by atoms with Crippen molar-refractivity contribution in [3.63, 3.8) is 0 Å². The van der Waals surface area contributed by atoms with Gasteiger partial charge in [0.05, 0.1) is 17.8 Å². The van der Waals surface area contributed by atoms with Crippen LogP contribution in [0.1, 0.15) is 23.8 Å². The maximum Gasteiger partial charge on any atom is 0.270 e. The molecule has 0 aliphatic carbocycles. The van der Waals surface area contributed by atoms with Gasteiger partial charge in [0.25, 0.3) is 5.91 Å². The van der Waals surface area contributed by atoms with Gasteiger partial charge in [-0.15, -0.1) is 0 Å². The number of anilines is 1. The van der Waals surface area contributed by atoms with Crippen LogP contribution in [-0.2, 0) is 11.8 Å². The number of nitrogens with zero attached hydrogens (tertiary/aromatic N) is 2. The van der Waals surface area contributed by atoms with E-state index >= 15 is 0 Å². The molecule has 17 heavy (non-hydrogen) atoms. The second-order valence-electron chi connectivity index (χ2n) is 4.62. The number of carbonyl (C=O) groups excluding carboxylic acids is 1. The lowest BCUT2D eigenvalue weighted by molar-refractivity contribution is 0.0567. The predicted octanol–water partition coefficient (Wildman–Crippen LogP) is 0.857. The van der Waals surface area contributed by atoms with Crippen LogP contribution in [0.15, 0.2) is 12.3 Å². The second kappa shape index (κ2) is 4.41. The highest BCUT2D eigenvalue weighted by Gasteiger charge is 2.31. The normalized spacial score (nSPS) is 23.9. The van der Waals surface area contributed by atoms with E-state index in [0.29, 0.717) is 11.4 Å². The van der Waals surface area contributed by atoms with Gasteiger partial charge in [-0.3, -0.25) is 4.79 Å². The van der Waals surface area contributed by atoms with Crippen molar-refractivity contribution in [1.82, 2.24) is 9.47 Å². The zero-order valence-corrected chi connectivity index (χ0v) is 10.5. The molecule has 94 valence electrons. The molecule has 1 aromatic heterocycles. The number of ether oxygens (including phenoxy) is 1. The molecule has 1 aromatic rings. The van der Waals surface area contributed by atoms with Crippen molar-refractivity contribution >= 4 is 11.6 Å². The van der Waals surface area contributed by atoms with Crippen LogP contribution in [-0.4, -0.2) is 41.2 Å². The van der Waals surface area contributed by atoms with Gasteiger partial charge in [-0.2, -0.15) is 0 Å². The number of hydrogen-bond acceptors (Lipinski definition) is 3. The van der Waals surface area contributed by atoms with Gasteiger partial charge in [0.1, 0.15) is 5.69 Å². The standard InChI is InChI=1S/C12H19N3O2/c1-8-10(4-5-17-8)15(3)12(16)11-6-9(13)7-14(11)2/h6-8,10H,4-5,13H2,1-3H3. The zero-order valence-electron chi connectivity index (χ0n) is 10.5. The van der Waals surface area contributed by atoms with Gasteiger partial charge >= 0.3 is 0 Å². The fourth-order valence-electron chi connectivity index (χ4n) is 2.36. The molecule has 0 spiro atoms. The highest BCUT2D eigenvalue weighted by molar-refractivity contribution is 5.93. The third-order valence-corrected chi connectivity index (χ3v) is 3.40. The fourth-order valence-corrected chi connectivity index (χ4v) is 2.36. The van der Waals surface area contributed by atoms with Crippen LogP contribution in [0, 0.1) is 0 Å². The summed E-state index contributed by atoms with van der Waals surface area (Å²) in [6.45, 7) is 2.72. The van der Waals surface area contributed by atoms with Crippen molar-refractivity contribution in [1.29, 1.82) is 0 Å². The average Bonchev–Trinajstić information content (AvgIpc) is 2.82. The minimum absolute atomic E-state index is 0.00782. The number of hydrogen-bond donors (Lipinski definition) is 1. The molecular weight excluding hydrogens is 218 g/mol. The molecule has 1 fully saturated rings. The van der Waals surface area contributed by atoms with Gasteiger partial charge in [0, 0.05) is 26.9 Å². The van der Waals surface area contributed by atoms with Gasteiger partial charge in [-0.05, 0) is 19.4 Å². The average molecular weight is 237 g/mol. The topological polar surface area (TPSA) is 60.5 Å². The molecule has 0 aromatic carbocycles. The lowest BCUT2D eigenvalue weighted by Gasteiger charge is -2.26. The Hall–Kier alpha value is -1.49. The molecule has 5 nitrogen and oxygen atoms in total. The first-order chi connectivity index (χ1) is 8.00. The van der Waals surface area contributed by atoms with E-state index in [0.717, 1.165) is 13.0 Å². The smallest absolute Gasteiger partial charge is 0.270 e. The summed E-state index contributed by atoms with van der Waals surface area (Å²) in [5.74, 6) is -0.00782. The first kappa shape index (κ1) is 12.0. The molecule has 0 bridgehead atoms. The molecule has 2 atom stereocenters. The van der Waals surface area contributed by atoms with Crippen molar-refractivity contribution < 1.29 is 9.53 Å². The van der Waals surface area contributed by atoms with E-state index in [-0.39, 0.29) is 18.1 Å². The minimum Gasteiger partial charge on any atom is -0.397 e. The Morgan fingerprint density at radius 3 is 2.82 bits per heavy atom. The van der Waals surface area contributed by atoms with Gasteiger partial charge in [-0.25, -0.2) is 0 Å². The predicted molar refractivity (Wildman–Crippen MR) is 65.7 cm³/mol. The molecule has 1 aliphatic rings. The maximum absolute atomic E-state index is 12.3. The largest absolute Gasteiger partial charge is 0.397 e. The lowest BCUT2D eigenvalue weighted by atomic mass is 10.1. The van der Waals surface area contributed by atoms with Crippen LogP contribution in [0.2, 0.25) is 0 Å². The fraction of sp³-hybridized carbons (Fsp3) is 0.583. The van der Waals surface area contributed by atoms with Gasteiger partial charge < -0.3 is 19.9 Å². The van der Waals surface area contributed by atoms with Crippen LogP contribution in [0.25, 0.3) is 0 Å². The van der Waals surface area contributed by atoms with Crippen LogP contribution >= 0.6 is 0 Å². The zero-order chi connectivity index (χ0) is 12.6. The van der Waals surface area contributed by atoms with Crippen molar-refractivity contribution in [3.05, 3.63) is 18.0 Å².